The van der Waals surface area contributed by atoms with E-state index in [9.17, 15) is 31.3 Å². The van der Waals surface area contributed by atoms with Gasteiger partial charge in [-0.3, -0.25) is 9.36 Å². The molecule has 0 radical (unpaired) electrons. The molecular formula is C18H17F5NO5P. The number of rotatable bonds is 8. The Hall–Kier alpha value is -2.65. The molecule has 0 N–H and O–H groups in total. The van der Waals surface area contributed by atoms with Gasteiger partial charge < -0.3 is 14.1 Å². The van der Waals surface area contributed by atoms with Gasteiger partial charge in [-0.2, -0.15) is 8.78 Å². The molecule has 0 heterocycles. The summed E-state index contributed by atoms with van der Waals surface area (Å²) in [4.78, 5) is 17.1. The van der Waals surface area contributed by atoms with Crippen molar-refractivity contribution in [3.8, 4) is 11.5 Å². The number of carbonyl (C=O) groups excluding carboxylic acids is 1. The van der Waals surface area contributed by atoms with E-state index in [2.05, 4.69) is 0 Å². The van der Waals surface area contributed by atoms with Gasteiger partial charge in [0.2, 0.25) is 34.8 Å². The Morgan fingerprint density at radius 2 is 1.40 bits per heavy atom. The molecule has 2 aromatic rings. The van der Waals surface area contributed by atoms with E-state index in [1.165, 1.54) is 38.1 Å². The second-order valence-electron chi connectivity index (χ2n) is 6.16. The molecule has 2 aromatic carbocycles. The molecule has 0 fully saturated rings. The van der Waals surface area contributed by atoms with Crippen molar-refractivity contribution in [2.75, 3.05) is 0 Å². The highest BCUT2D eigenvalue weighted by molar-refractivity contribution is 7.36. The molecule has 0 saturated heterocycles. The Labute approximate surface area is 169 Å². The van der Waals surface area contributed by atoms with Crippen molar-refractivity contribution in [1.29, 1.82) is 0 Å². The lowest BCUT2D eigenvalue weighted by Gasteiger charge is -2.27. The first-order valence-corrected chi connectivity index (χ1v) is 9.76. The Morgan fingerprint density at radius 3 is 1.90 bits per heavy atom. The van der Waals surface area contributed by atoms with Gasteiger partial charge in [0.05, 0.1) is 6.10 Å². The molecule has 0 bridgehead atoms. The first-order chi connectivity index (χ1) is 14.0. The molecule has 12 heteroatoms. The molecule has 164 valence electrons. The topological polar surface area (TPSA) is 65.1 Å². The van der Waals surface area contributed by atoms with Crippen LogP contribution in [0.1, 0.15) is 20.8 Å². The first-order valence-electron chi connectivity index (χ1n) is 8.50. The van der Waals surface area contributed by atoms with Gasteiger partial charge in [-0.25, -0.2) is 13.2 Å². The van der Waals surface area contributed by atoms with Crippen LogP contribution in [0.2, 0.25) is 0 Å². The van der Waals surface area contributed by atoms with Gasteiger partial charge in [-0.15, -0.1) is 0 Å². The number of halogens is 5. The third kappa shape index (κ3) is 5.28. The SMILES string of the molecule is CC(C)OC(=O)C(C)N(Oc1c(F)c(F)c(F)c(F)c1F)[P@@H](=O)Oc1ccccc1. The predicted octanol–water partition coefficient (Wildman–Crippen LogP) is 4.79. The van der Waals surface area contributed by atoms with Crippen molar-refractivity contribution in [2.24, 2.45) is 0 Å². The van der Waals surface area contributed by atoms with E-state index >= 15 is 0 Å². The Kier molecular flexibility index (Phi) is 7.80. The van der Waals surface area contributed by atoms with Gasteiger partial charge in [0.25, 0.3) is 0 Å². The summed E-state index contributed by atoms with van der Waals surface area (Å²) in [5.74, 6) is -14.3. The molecule has 1 unspecified atom stereocenters. The molecule has 0 spiro atoms. The molecule has 0 aliphatic heterocycles. The molecule has 0 amide bonds. The van der Waals surface area contributed by atoms with Gasteiger partial charge in [-0.1, -0.05) is 18.2 Å². The summed E-state index contributed by atoms with van der Waals surface area (Å²) >= 11 is 0. The molecule has 0 saturated carbocycles. The van der Waals surface area contributed by atoms with E-state index in [4.69, 9.17) is 14.1 Å². The van der Waals surface area contributed by atoms with Crippen LogP contribution in [0.3, 0.4) is 0 Å². The van der Waals surface area contributed by atoms with E-state index in [0.29, 0.717) is 0 Å². The van der Waals surface area contributed by atoms with Crippen LogP contribution >= 0.6 is 8.18 Å². The number of hydroxylamine groups is 1. The highest BCUT2D eigenvalue weighted by Crippen LogP contribution is 2.37. The van der Waals surface area contributed by atoms with Crippen LogP contribution in [-0.2, 0) is 14.1 Å². The van der Waals surface area contributed by atoms with Crippen molar-refractivity contribution < 1.29 is 45.4 Å². The molecule has 0 aliphatic carbocycles. The van der Waals surface area contributed by atoms with Gasteiger partial charge >= 0.3 is 14.1 Å². The summed E-state index contributed by atoms with van der Waals surface area (Å²) in [5, 5.41) is 0. The molecule has 0 aromatic heterocycles. The zero-order valence-corrected chi connectivity index (χ0v) is 16.9. The number of ether oxygens (including phenoxy) is 1. The molecular weight excluding hydrogens is 436 g/mol. The van der Waals surface area contributed by atoms with Crippen molar-refractivity contribution in [3.63, 3.8) is 0 Å². The van der Waals surface area contributed by atoms with Crippen LogP contribution in [-0.4, -0.2) is 22.9 Å². The van der Waals surface area contributed by atoms with E-state index in [1.54, 1.807) is 6.07 Å². The second kappa shape index (κ2) is 9.90. The van der Waals surface area contributed by atoms with Gasteiger partial charge in [0.15, 0.2) is 6.04 Å². The van der Waals surface area contributed by atoms with Crippen LogP contribution in [0.15, 0.2) is 30.3 Å². The predicted molar refractivity (Wildman–Crippen MR) is 95.5 cm³/mol. The molecule has 30 heavy (non-hydrogen) atoms. The maximum Gasteiger partial charge on any atom is 0.340 e. The standard InChI is InChI=1S/C18H17F5NO5P/c1-9(2)27-18(25)10(3)24(30(26)29-11-7-5-4-6-8-11)28-17-15(22)13(20)12(19)14(21)16(17)23/h4-10,30H,1-3H3. The summed E-state index contributed by atoms with van der Waals surface area (Å²) in [5.41, 5.74) is 0. The fraction of sp³-hybridized carbons (Fsp3) is 0.278. The third-order valence-corrected chi connectivity index (χ3v) is 4.78. The van der Waals surface area contributed by atoms with Crippen LogP contribution < -0.4 is 9.36 Å². The number of nitrogens with zero attached hydrogens (tertiary/aromatic N) is 1. The third-order valence-electron chi connectivity index (χ3n) is 3.53. The van der Waals surface area contributed by atoms with Crippen LogP contribution in [0, 0.1) is 29.1 Å². The van der Waals surface area contributed by atoms with Crippen molar-refractivity contribution >= 4 is 14.1 Å². The van der Waals surface area contributed by atoms with Gasteiger partial charge in [0, 0.05) is 0 Å². The first kappa shape index (κ1) is 23.6. The van der Waals surface area contributed by atoms with Gasteiger partial charge in [-0.05, 0) is 37.7 Å². The second-order valence-corrected chi connectivity index (χ2v) is 7.34. The Balaban J connectivity index is 2.44. The summed E-state index contributed by atoms with van der Waals surface area (Å²) in [6, 6.07) is 5.84. The zero-order valence-electron chi connectivity index (χ0n) is 15.9. The number of benzene rings is 2. The fourth-order valence-corrected chi connectivity index (χ4v) is 3.11. The molecule has 6 nitrogen and oxygen atoms in total. The smallest absolute Gasteiger partial charge is 0.340 e. The van der Waals surface area contributed by atoms with Crippen LogP contribution in [0.5, 0.6) is 11.5 Å². The van der Waals surface area contributed by atoms with E-state index in [-0.39, 0.29) is 10.6 Å². The van der Waals surface area contributed by atoms with Crippen molar-refractivity contribution in [3.05, 3.63) is 59.4 Å². The Morgan fingerprint density at radius 1 is 0.900 bits per heavy atom. The number of hydrogen-bond donors (Lipinski definition) is 0. The van der Waals surface area contributed by atoms with Crippen molar-refractivity contribution in [1.82, 2.24) is 4.83 Å². The average Bonchev–Trinajstić information content (AvgIpc) is 2.70. The number of para-hydroxylation sites is 1. The monoisotopic (exact) mass is 453 g/mol. The lowest BCUT2D eigenvalue weighted by molar-refractivity contribution is -0.158. The summed E-state index contributed by atoms with van der Waals surface area (Å²) in [6.45, 7) is 4.10. The minimum absolute atomic E-state index is 0.0387. The lowest BCUT2D eigenvalue weighted by atomic mass is 10.3. The van der Waals surface area contributed by atoms with E-state index in [1.807, 2.05) is 0 Å². The summed E-state index contributed by atoms with van der Waals surface area (Å²) in [7, 11) is -3.64. The quantitative estimate of drug-likeness (QED) is 0.143. The maximum absolute atomic E-state index is 14.0. The molecule has 2 atom stereocenters. The maximum atomic E-state index is 14.0. The highest BCUT2D eigenvalue weighted by Gasteiger charge is 2.35. The average molecular weight is 453 g/mol. The number of hydrogen-bond acceptors (Lipinski definition) is 5. The van der Waals surface area contributed by atoms with Gasteiger partial charge in [0.1, 0.15) is 5.75 Å². The normalized spacial score (nSPS) is 13.3. The number of carbonyl (C=O) groups is 1. The largest absolute Gasteiger partial charge is 0.462 e. The zero-order chi connectivity index (χ0) is 22.6. The minimum Gasteiger partial charge on any atom is -0.462 e. The van der Waals surface area contributed by atoms with E-state index < -0.39 is 61.1 Å². The fourth-order valence-electron chi connectivity index (χ4n) is 2.10. The summed E-state index contributed by atoms with van der Waals surface area (Å²) < 4.78 is 90.9. The van der Waals surface area contributed by atoms with Crippen LogP contribution in [0.25, 0.3) is 0 Å². The number of esters is 1. The summed E-state index contributed by atoms with van der Waals surface area (Å²) in [6.07, 6.45) is -0.617. The molecule has 2 rings (SSSR count). The Bertz CT molecular complexity index is 915. The lowest BCUT2D eigenvalue weighted by Crippen LogP contribution is -2.39. The van der Waals surface area contributed by atoms with E-state index in [0.717, 1.165) is 6.92 Å². The van der Waals surface area contributed by atoms with Crippen molar-refractivity contribution in [2.45, 2.75) is 32.9 Å². The minimum atomic E-state index is -3.64. The highest BCUT2D eigenvalue weighted by atomic mass is 31.1. The molecule has 0 aliphatic rings. The van der Waals surface area contributed by atoms with Crippen LogP contribution in [0.4, 0.5) is 22.0 Å².